The van der Waals surface area contributed by atoms with Crippen molar-refractivity contribution in [1.29, 1.82) is 0 Å². The third-order valence-corrected chi connectivity index (χ3v) is 6.47. The highest BCUT2D eigenvalue weighted by atomic mass is 32.2. The first-order chi connectivity index (χ1) is 14.1. The molecule has 7 nitrogen and oxygen atoms in total. The minimum absolute atomic E-state index is 0.000897. The number of benzene rings is 3. The molecule has 0 spiro atoms. The number of aryl methyl sites for hydroxylation is 1. The van der Waals surface area contributed by atoms with Gasteiger partial charge in [-0.3, -0.25) is 9.35 Å². The monoisotopic (exact) mass is 446 g/mol. The molecular formula is C21H18O7S2. The van der Waals surface area contributed by atoms with Gasteiger partial charge in [-0.05, 0) is 42.8 Å². The van der Waals surface area contributed by atoms with Gasteiger partial charge in [-0.1, -0.05) is 42.0 Å². The Hall–Kier alpha value is -3.01. The Kier molecular flexibility index (Phi) is 6.06. The summed E-state index contributed by atoms with van der Waals surface area (Å²) >= 11 is 0. The number of aldehydes is 1. The molecule has 0 fully saturated rings. The maximum absolute atomic E-state index is 12.7. The zero-order valence-electron chi connectivity index (χ0n) is 15.8. The quantitative estimate of drug-likeness (QED) is 0.336. The summed E-state index contributed by atoms with van der Waals surface area (Å²) in [4.78, 5) is 10.9. The van der Waals surface area contributed by atoms with Gasteiger partial charge in [0.2, 0.25) is 0 Å². The summed E-state index contributed by atoms with van der Waals surface area (Å²) in [6, 6.07) is 16.1. The maximum atomic E-state index is 12.7. The van der Waals surface area contributed by atoms with E-state index < -0.39 is 20.2 Å². The summed E-state index contributed by atoms with van der Waals surface area (Å²) in [5.74, 6) is -0.000897. The Labute approximate surface area is 174 Å². The molecule has 0 aliphatic carbocycles. The van der Waals surface area contributed by atoms with Crippen molar-refractivity contribution in [1.82, 2.24) is 0 Å². The fraction of sp³-hybridized carbons (Fsp3) is 0.0952. The number of carbonyl (C=O) groups is 1. The average Bonchev–Trinajstić information content (AvgIpc) is 2.69. The van der Waals surface area contributed by atoms with Crippen LogP contribution in [-0.4, -0.2) is 27.7 Å². The van der Waals surface area contributed by atoms with Gasteiger partial charge in [-0.15, -0.1) is 0 Å². The van der Waals surface area contributed by atoms with E-state index in [4.69, 9.17) is 8.74 Å². The van der Waals surface area contributed by atoms with Crippen LogP contribution < -0.4 is 4.18 Å². The van der Waals surface area contributed by atoms with E-state index in [0.29, 0.717) is 17.4 Å². The topological polar surface area (TPSA) is 115 Å². The SMILES string of the molecule is Cc1ccc(S(=O)(=O)Oc2cc(C=O)ccc2Cc2ccc(S(=O)(=O)O)cc2)cc1. The van der Waals surface area contributed by atoms with E-state index in [-0.39, 0.29) is 27.5 Å². The number of hydrogen-bond acceptors (Lipinski definition) is 6. The summed E-state index contributed by atoms with van der Waals surface area (Å²) in [5, 5.41) is 0. The molecule has 0 radical (unpaired) electrons. The van der Waals surface area contributed by atoms with Crippen LogP contribution in [0.4, 0.5) is 0 Å². The van der Waals surface area contributed by atoms with Gasteiger partial charge in [0, 0.05) is 17.5 Å². The molecule has 0 saturated heterocycles. The lowest BCUT2D eigenvalue weighted by Crippen LogP contribution is -2.11. The summed E-state index contributed by atoms with van der Waals surface area (Å²) in [7, 11) is -8.43. The molecule has 0 aliphatic rings. The van der Waals surface area contributed by atoms with Crippen molar-refractivity contribution in [3.8, 4) is 5.75 Å². The Morgan fingerprint density at radius 3 is 2.03 bits per heavy atom. The summed E-state index contributed by atoms with van der Waals surface area (Å²) in [6.07, 6.45) is 0.791. The largest absolute Gasteiger partial charge is 0.379 e. The van der Waals surface area contributed by atoms with E-state index in [9.17, 15) is 21.6 Å². The van der Waals surface area contributed by atoms with Crippen molar-refractivity contribution in [3.63, 3.8) is 0 Å². The highest BCUT2D eigenvalue weighted by Crippen LogP contribution is 2.27. The van der Waals surface area contributed by atoms with Crippen LogP contribution in [0.1, 0.15) is 27.0 Å². The number of hydrogen-bond donors (Lipinski definition) is 1. The van der Waals surface area contributed by atoms with Gasteiger partial charge in [0.25, 0.3) is 10.1 Å². The van der Waals surface area contributed by atoms with Crippen LogP contribution in [0.15, 0.2) is 76.5 Å². The van der Waals surface area contributed by atoms with Gasteiger partial charge in [-0.2, -0.15) is 16.8 Å². The molecule has 0 unspecified atom stereocenters. The first-order valence-corrected chi connectivity index (χ1v) is 11.6. The molecule has 0 saturated carbocycles. The number of carbonyl (C=O) groups excluding carboxylic acids is 1. The van der Waals surface area contributed by atoms with Gasteiger partial charge in [0.1, 0.15) is 16.9 Å². The average molecular weight is 447 g/mol. The van der Waals surface area contributed by atoms with E-state index in [2.05, 4.69) is 0 Å². The summed E-state index contributed by atoms with van der Waals surface area (Å²) < 4.78 is 62.1. The van der Waals surface area contributed by atoms with Crippen molar-refractivity contribution < 1.29 is 30.4 Å². The van der Waals surface area contributed by atoms with Gasteiger partial charge in [0.05, 0.1) is 4.90 Å². The fourth-order valence-corrected chi connectivity index (χ4v) is 4.18. The second-order valence-electron chi connectivity index (χ2n) is 6.63. The third kappa shape index (κ3) is 5.12. The Morgan fingerprint density at radius 1 is 0.867 bits per heavy atom. The lowest BCUT2D eigenvalue weighted by Gasteiger charge is -2.13. The van der Waals surface area contributed by atoms with Crippen molar-refractivity contribution in [2.24, 2.45) is 0 Å². The molecule has 0 amide bonds. The molecule has 3 rings (SSSR count). The zero-order valence-corrected chi connectivity index (χ0v) is 17.5. The van der Waals surface area contributed by atoms with Gasteiger partial charge < -0.3 is 4.18 Å². The van der Waals surface area contributed by atoms with E-state index in [1.165, 1.54) is 48.5 Å². The Bertz CT molecular complexity index is 1280. The van der Waals surface area contributed by atoms with Crippen LogP contribution in [0, 0.1) is 6.92 Å². The van der Waals surface area contributed by atoms with Crippen LogP contribution in [0.5, 0.6) is 5.75 Å². The molecular weight excluding hydrogens is 428 g/mol. The van der Waals surface area contributed by atoms with E-state index in [0.717, 1.165) is 5.56 Å². The van der Waals surface area contributed by atoms with Crippen molar-refractivity contribution >= 4 is 26.5 Å². The van der Waals surface area contributed by atoms with E-state index >= 15 is 0 Å². The molecule has 1 N–H and O–H groups in total. The molecule has 30 heavy (non-hydrogen) atoms. The third-order valence-electron chi connectivity index (χ3n) is 4.35. The molecule has 3 aromatic carbocycles. The van der Waals surface area contributed by atoms with Gasteiger partial charge >= 0.3 is 10.1 Å². The maximum Gasteiger partial charge on any atom is 0.339 e. The summed E-state index contributed by atoms with van der Waals surface area (Å²) in [5.41, 5.74) is 2.27. The van der Waals surface area contributed by atoms with Crippen LogP contribution >= 0.6 is 0 Å². The van der Waals surface area contributed by atoms with Crippen molar-refractivity contribution in [3.05, 3.63) is 89.0 Å². The van der Waals surface area contributed by atoms with Crippen LogP contribution in [0.2, 0.25) is 0 Å². The molecule has 0 heterocycles. The molecule has 0 bridgehead atoms. The fourth-order valence-electron chi connectivity index (χ4n) is 2.74. The number of rotatable bonds is 7. The van der Waals surface area contributed by atoms with E-state index in [1.54, 1.807) is 18.2 Å². The minimum Gasteiger partial charge on any atom is -0.379 e. The Balaban J connectivity index is 1.94. The van der Waals surface area contributed by atoms with Crippen LogP contribution in [-0.2, 0) is 26.7 Å². The lowest BCUT2D eigenvalue weighted by molar-refractivity contribution is 0.112. The van der Waals surface area contributed by atoms with Crippen LogP contribution in [0.3, 0.4) is 0 Å². The van der Waals surface area contributed by atoms with E-state index in [1.807, 2.05) is 6.92 Å². The molecule has 3 aromatic rings. The van der Waals surface area contributed by atoms with Gasteiger partial charge in [0.15, 0.2) is 0 Å². The molecule has 0 aliphatic heterocycles. The molecule has 9 heteroatoms. The molecule has 0 atom stereocenters. The lowest BCUT2D eigenvalue weighted by atomic mass is 10.0. The predicted octanol–water partition coefficient (Wildman–Crippen LogP) is 3.41. The second-order valence-corrected chi connectivity index (χ2v) is 9.60. The summed E-state index contributed by atoms with van der Waals surface area (Å²) in [6.45, 7) is 1.83. The highest BCUT2D eigenvalue weighted by Gasteiger charge is 2.19. The minimum atomic E-state index is -4.31. The zero-order chi connectivity index (χ0) is 21.9. The van der Waals surface area contributed by atoms with Crippen molar-refractivity contribution in [2.75, 3.05) is 0 Å². The normalized spacial score (nSPS) is 11.8. The van der Waals surface area contributed by atoms with Gasteiger partial charge in [-0.25, -0.2) is 0 Å². The first kappa shape index (κ1) is 21.7. The second kappa shape index (κ2) is 8.39. The smallest absolute Gasteiger partial charge is 0.339 e. The van der Waals surface area contributed by atoms with Crippen molar-refractivity contribution in [2.45, 2.75) is 23.1 Å². The predicted molar refractivity (Wildman–Crippen MR) is 110 cm³/mol. The first-order valence-electron chi connectivity index (χ1n) is 8.74. The molecule has 156 valence electrons. The highest BCUT2D eigenvalue weighted by molar-refractivity contribution is 7.87. The standard InChI is InChI=1S/C21H18O7S2/c1-15-2-8-20(9-3-15)30(26,27)28-21-13-17(14-22)4-7-18(21)12-16-5-10-19(11-6-16)29(23,24)25/h2-11,13-14H,12H2,1H3,(H,23,24,25). The Morgan fingerprint density at radius 2 is 1.47 bits per heavy atom. The van der Waals surface area contributed by atoms with Crippen LogP contribution in [0.25, 0.3) is 0 Å². The molecule has 0 aromatic heterocycles.